The SMILES string of the molecule is CC1CCN(S(=O)(=O)c2ccc(-c3csc(NN=Cc4ccco4)n3)cc2)CC1. The fraction of sp³-hybridized carbons (Fsp3) is 0.300. The molecule has 0 aliphatic carbocycles. The van der Waals surface area contributed by atoms with Crippen LogP contribution >= 0.6 is 11.3 Å². The minimum Gasteiger partial charge on any atom is -0.463 e. The van der Waals surface area contributed by atoms with Gasteiger partial charge in [-0.25, -0.2) is 13.4 Å². The van der Waals surface area contributed by atoms with Crippen molar-refractivity contribution < 1.29 is 12.8 Å². The Morgan fingerprint density at radius 3 is 2.69 bits per heavy atom. The van der Waals surface area contributed by atoms with Crippen LogP contribution in [0.2, 0.25) is 0 Å². The van der Waals surface area contributed by atoms with E-state index in [1.807, 2.05) is 5.38 Å². The molecule has 0 radical (unpaired) electrons. The van der Waals surface area contributed by atoms with Crippen molar-refractivity contribution in [2.45, 2.75) is 24.7 Å². The number of aromatic nitrogens is 1. The lowest BCUT2D eigenvalue weighted by molar-refractivity contribution is 0.288. The second kappa shape index (κ2) is 8.48. The largest absolute Gasteiger partial charge is 0.463 e. The Morgan fingerprint density at radius 1 is 1.24 bits per heavy atom. The molecule has 29 heavy (non-hydrogen) atoms. The molecule has 1 fully saturated rings. The van der Waals surface area contributed by atoms with Crippen molar-refractivity contribution in [3.8, 4) is 11.3 Å². The van der Waals surface area contributed by atoms with Gasteiger partial charge in [-0.1, -0.05) is 19.1 Å². The van der Waals surface area contributed by atoms with E-state index >= 15 is 0 Å². The Labute approximate surface area is 174 Å². The van der Waals surface area contributed by atoms with Gasteiger partial charge in [-0.05, 0) is 43.0 Å². The highest BCUT2D eigenvalue weighted by atomic mass is 32.2. The van der Waals surface area contributed by atoms with Crippen molar-refractivity contribution in [2.75, 3.05) is 18.5 Å². The van der Waals surface area contributed by atoms with Crippen LogP contribution in [0.3, 0.4) is 0 Å². The van der Waals surface area contributed by atoms with E-state index in [4.69, 9.17) is 4.42 Å². The van der Waals surface area contributed by atoms with Gasteiger partial charge in [-0.15, -0.1) is 11.3 Å². The molecule has 1 N–H and O–H groups in total. The Bertz CT molecular complexity index is 1070. The molecule has 0 bridgehead atoms. The van der Waals surface area contributed by atoms with Crippen LogP contribution in [-0.2, 0) is 10.0 Å². The maximum absolute atomic E-state index is 12.8. The molecule has 0 atom stereocenters. The number of nitrogens with zero attached hydrogens (tertiary/aromatic N) is 3. The zero-order valence-electron chi connectivity index (χ0n) is 16.0. The lowest BCUT2D eigenvalue weighted by Gasteiger charge is -2.29. The molecule has 1 aliphatic rings. The van der Waals surface area contributed by atoms with Crippen LogP contribution in [0, 0.1) is 5.92 Å². The third-order valence-electron chi connectivity index (χ3n) is 4.93. The maximum atomic E-state index is 12.8. The lowest BCUT2D eigenvalue weighted by Crippen LogP contribution is -2.37. The van der Waals surface area contributed by atoms with E-state index in [0.29, 0.717) is 34.8 Å². The first-order valence-electron chi connectivity index (χ1n) is 9.41. The molecular formula is C20H22N4O3S2. The summed E-state index contributed by atoms with van der Waals surface area (Å²) in [6.45, 7) is 3.34. The molecule has 0 spiro atoms. The molecule has 152 valence electrons. The zero-order chi connectivity index (χ0) is 20.3. The summed E-state index contributed by atoms with van der Waals surface area (Å²) in [5.74, 6) is 1.23. The molecule has 4 rings (SSSR count). The Hall–Kier alpha value is -2.49. The van der Waals surface area contributed by atoms with Gasteiger partial charge in [0.15, 0.2) is 0 Å². The number of nitrogens with one attached hydrogen (secondary N) is 1. The average molecular weight is 431 g/mol. The Balaban J connectivity index is 1.43. The molecule has 9 heteroatoms. The van der Waals surface area contributed by atoms with Crippen molar-refractivity contribution in [1.82, 2.24) is 9.29 Å². The topological polar surface area (TPSA) is 87.8 Å². The number of hydrogen-bond acceptors (Lipinski definition) is 7. The standard InChI is InChI=1S/C20H22N4O3S2/c1-15-8-10-24(11-9-15)29(25,26)18-6-4-16(5-7-18)19-14-28-20(22-19)23-21-13-17-3-2-12-27-17/h2-7,12-15H,8-11H2,1H3,(H,22,23). The summed E-state index contributed by atoms with van der Waals surface area (Å²) in [5, 5.41) is 6.63. The van der Waals surface area contributed by atoms with E-state index < -0.39 is 10.0 Å². The smallest absolute Gasteiger partial charge is 0.243 e. The fourth-order valence-corrected chi connectivity index (χ4v) is 5.28. The van der Waals surface area contributed by atoms with Crippen molar-refractivity contribution in [2.24, 2.45) is 11.0 Å². The number of hydrazone groups is 1. The summed E-state index contributed by atoms with van der Waals surface area (Å²) in [5.41, 5.74) is 4.49. The molecule has 2 aromatic heterocycles. The second-order valence-corrected chi connectivity index (χ2v) is 9.83. The fourth-order valence-electron chi connectivity index (χ4n) is 3.15. The molecule has 0 unspecified atom stereocenters. The highest BCUT2D eigenvalue weighted by Gasteiger charge is 2.27. The summed E-state index contributed by atoms with van der Waals surface area (Å²) in [7, 11) is -3.44. The van der Waals surface area contributed by atoms with E-state index in [2.05, 4.69) is 22.4 Å². The summed E-state index contributed by atoms with van der Waals surface area (Å²) < 4.78 is 32.4. The maximum Gasteiger partial charge on any atom is 0.243 e. The number of thiazole rings is 1. The highest BCUT2D eigenvalue weighted by Crippen LogP contribution is 2.28. The van der Waals surface area contributed by atoms with Gasteiger partial charge in [0.25, 0.3) is 0 Å². The van der Waals surface area contributed by atoms with Crippen LogP contribution in [0.1, 0.15) is 25.5 Å². The third kappa shape index (κ3) is 4.58. The van der Waals surface area contributed by atoms with Crippen LogP contribution in [0.15, 0.2) is 62.5 Å². The quantitative estimate of drug-likeness (QED) is 0.466. The second-order valence-electron chi connectivity index (χ2n) is 7.03. The zero-order valence-corrected chi connectivity index (χ0v) is 17.6. The van der Waals surface area contributed by atoms with Gasteiger partial charge in [0.2, 0.25) is 15.2 Å². The average Bonchev–Trinajstić information content (AvgIpc) is 3.41. The Morgan fingerprint density at radius 2 is 2.00 bits per heavy atom. The minimum atomic E-state index is -3.44. The monoisotopic (exact) mass is 430 g/mol. The van der Waals surface area contributed by atoms with Gasteiger partial charge in [-0.3, -0.25) is 5.43 Å². The molecule has 1 aromatic carbocycles. The highest BCUT2D eigenvalue weighted by molar-refractivity contribution is 7.89. The van der Waals surface area contributed by atoms with Crippen LogP contribution < -0.4 is 5.43 Å². The van der Waals surface area contributed by atoms with Crippen molar-refractivity contribution in [3.63, 3.8) is 0 Å². The lowest BCUT2D eigenvalue weighted by atomic mass is 10.0. The Kier molecular flexibility index (Phi) is 5.79. The number of sulfonamides is 1. The number of furan rings is 1. The van der Waals surface area contributed by atoms with Gasteiger partial charge in [0.1, 0.15) is 5.76 Å². The van der Waals surface area contributed by atoms with E-state index in [0.717, 1.165) is 24.1 Å². The van der Waals surface area contributed by atoms with Crippen LogP contribution in [0.4, 0.5) is 5.13 Å². The number of benzene rings is 1. The summed E-state index contributed by atoms with van der Waals surface area (Å²) >= 11 is 1.42. The van der Waals surface area contributed by atoms with Crippen molar-refractivity contribution in [3.05, 3.63) is 53.8 Å². The van der Waals surface area contributed by atoms with Crippen LogP contribution in [0.5, 0.6) is 0 Å². The molecule has 1 saturated heterocycles. The van der Waals surface area contributed by atoms with Crippen LogP contribution in [0.25, 0.3) is 11.3 Å². The first-order chi connectivity index (χ1) is 14.0. The van der Waals surface area contributed by atoms with E-state index in [1.165, 1.54) is 11.3 Å². The van der Waals surface area contributed by atoms with E-state index in [9.17, 15) is 8.42 Å². The number of piperidine rings is 1. The molecule has 3 aromatic rings. The molecule has 1 aliphatic heterocycles. The normalized spacial score (nSPS) is 16.4. The van der Waals surface area contributed by atoms with Gasteiger partial charge in [0.05, 0.1) is 23.1 Å². The van der Waals surface area contributed by atoms with Crippen molar-refractivity contribution in [1.29, 1.82) is 0 Å². The van der Waals surface area contributed by atoms with Crippen molar-refractivity contribution >= 4 is 32.7 Å². The molecule has 0 amide bonds. The summed E-state index contributed by atoms with van der Waals surface area (Å²) in [6.07, 6.45) is 4.98. The van der Waals surface area contributed by atoms with Gasteiger partial charge in [-0.2, -0.15) is 9.41 Å². The van der Waals surface area contributed by atoms with Gasteiger partial charge < -0.3 is 4.42 Å². The summed E-state index contributed by atoms with van der Waals surface area (Å²) in [4.78, 5) is 4.82. The van der Waals surface area contributed by atoms with Crippen LogP contribution in [-0.4, -0.2) is 37.0 Å². The first-order valence-corrected chi connectivity index (χ1v) is 11.7. The third-order valence-corrected chi connectivity index (χ3v) is 7.59. The number of hydrogen-bond donors (Lipinski definition) is 1. The predicted molar refractivity (Wildman–Crippen MR) is 115 cm³/mol. The molecule has 7 nitrogen and oxygen atoms in total. The molecule has 0 saturated carbocycles. The van der Waals surface area contributed by atoms with Gasteiger partial charge in [0, 0.05) is 24.0 Å². The summed E-state index contributed by atoms with van der Waals surface area (Å²) in [6, 6.07) is 10.5. The van der Waals surface area contributed by atoms with Gasteiger partial charge >= 0.3 is 0 Å². The molecule has 3 heterocycles. The van der Waals surface area contributed by atoms with E-state index in [1.54, 1.807) is 53.2 Å². The number of anilines is 1. The van der Waals surface area contributed by atoms with E-state index in [-0.39, 0.29) is 0 Å². The number of rotatable bonds is 6. The molecular weight excluding hydrogens is 408 g/mol. The minimum absolute atomic E-state index is 0.326. The predicted octanol–water partition coefficient (Wildman–Crippen LogP) is 4.27. The first kappa shape index (κ1) is 19.8.